The highest BCUT2D eigenvalue weighted by atomic mass is 32.2. The van der Waals surface area contributed by atoms with Crippen LogP contribution in [0.2, 0.25) is 0 Å². The van der Waals surface area contributed by atoms with Crippen LogP contribution < -0.4 is 10.3 Å². The predicted molar refractivity (Wildman–Crippen MR) is 165 cm³/mol. The molecule has 5 rings (SSSR count). The number of aromatic nitrogens is 1. The van der Waals surface area contributed by atoms with Gasteiger partial charge in [0.25, 0.3) is 5.91 Å². The summed E-state index contributed by atoms with van der Waals surface area (Å²) in [7, 11) is -5.84. The van der Waals surface area contributed by atoms with Gasteiger partial charge in [0.1, 0.15) is 18.3 Å². The molecule has 3 N–H and O–H groups in total. The largest absolute Gasteiger partial charge is 0.522 e. The van der Waals surface area contributed by atoms with Crippen LogP contribution in [0.15, 0.2) is 116 Å². The van der Waals surface area contributed by atoms with E-state index in [-0.39, 0.29) is 23.3 Å². The molecule has 0 spiro atoms. The first-order valence-electron chi connectivity index (χ1n) is 14.4. The Hall–Kier alpha value is -5.65. The molecule has 1 aromatic heterocycles. The van der Waals surface area contributed by atoms with Crippen molar-refractivity contribution in [2.24, 2.45) is 5.73 Å². The Morgan fingerprint density at radius 2 is 1.14 bits per heavy atom. The highest BCUT2D eigenvalue weighted by Crippen LogP contribution is 2.32. The predicted octanol–water partition coefficient (Wildman–Crippen LogP) is 3.67. The third-order valence-corrected chi connectivity index (χ3v) is 7.46. The van der Waals surface area contributed by atoms with Gasteiger partial charge in [0.2, 0.25) is 6.10 Å². The van der Waals surface area contributed by atoms with Crippen LogP contribution >= 0.6 is 0 Å². The van der Waals surface area contributed by atoms with Crippen LogP contribution in [0, 0.1) is 0 Å². The fourth-order valence-electron chi connectivity index (χ4n) is 4.49. The Labute approximate surface area is 282 Å². The molecule has 1 amide bonds. The molecule has 1 aliphatic rings. The number of primary amides is 1. The number of hydrogen-bond donors (Lipinski definition) is 2. The number of hydrogen-bond acceptors (Lipinski definition) is 10. The topological polar surface area (TPSA) is 189 Å². The molecular formula is C33H28F3N2O11S+. The van der Waals surface area contributed by atoms with Crippen LogP contribution in [-0.2, 0) is 29.1 Å². The number of rotatable bonds is 9. The standard InChI is InChI=1S/C32H26N2O8.CHF3O3S/c33-28(35)24-17-10-18-34(19-24)29-27(42-32(38)23-15-8-3-9-16-23)26(41-31(37)22-13-6-2-7-14-22)25(40-29)20-39-30(36)21-11-4-1-5-12-21;2-1(3,4)8(5,6)7/h1-19,25-27,29H,20H2,(H-,33,35);(H,5,6,7)/p+1/t25-,26-,27-,29-;/m1./s1. The molecule has 1 aliphatic heterocycles. The second kappa shape index (κ2) is 16.2. The minimum atomic E-state index is -5.84. The van der Waals surface area contributed by atoms with Gasteiger partial charge in [-0.05, 0) is 42.5 Å². The minimum Gasteiger partial charge on any atom is -0.459 e. The van der Waals surface area contributed by atoms with E-state index in [1.165, 1.54) is 16.8 Å². The number of alkyl halides is 3. The Balaban J connectivity index is 0.000000627. The summed E-state index contributed by atoms with van der Waals surface area (Å²) in [5, 5.41) is 0. The number of halogens is 3. The maximum absolute atomic E-state index is 13.2. The Bertz CT molecular complexity index is 1910. The first kappa shape index (κ1) is 37.2. The van der Waals surface area contributed by atoms with E-state index in [1.54, 1.807) is 103 Å². The van der Waals surface area contributed by atoms with E-state index in [0.29, 0.717) is 5.56 Å². The lowest BCUT2D eigenvalue weighted by atomic mass is 10.1. The van der Waals surface area contributed by atoms with E-state index in [0.717, 1.165) is 0 Å². The summed E-state index contributed by atoms with van der Waals surface area (Å²) < 4.78 is 82.6. The lowest BCUT2D eigenvalue weighted by Crippen LogP contribution is -2.49. The molecule has 262 valence electrons. The monoisotopic (exact) mass is 717 g/mol. The maximum atomic E-state index is 13.2. The molecule has 4 aromatic rings. The Morgan fingerprint density at radius 3 is 1.58 bits per heavy atom. The number of carbonyl (C=O) groups is 4. The molecule has 50 heavy (non-hydrogen) atoms. The van der Waals surface area contributed by atoms with Crippen molar-refractivity contribution in [1.82, 2.24) is 0 Å². The molecule has 0 saturated carbocycles. The van der Waals surface area contributed by atoms with E-state index < -0.39 is 64.0 Å². The maximum Gasteiger partial charge on any atom is 0.522 e. The van der Waals surface area contributed by atoms with Crippen LogP contribution in [-0.4, -0.2) is 67.2 Å². The molecule has 13 nitrogen and oxygen atoms in total. The van der Waals surface area contributed by atoms with E-state index in [1.807, 2.05) is 0 Å². The molecule has 3 aromatic carbocycles. The van der Waals surface area contributed by atoms with E-state index in [2.05, 4.69) is 0 Å². The van der Waals surface area contributed by atoms with E-state index >= 15 is 0 Å². The summed E-state index contributed by atoms with van der Waals surface area (Å²) in [6.45, 7) is -0.327. The van der Waals surface area contributed by atoms with Gasteiger partial charge in [-0.25, -0.2) is 14.4 Å². The summed E-state index contributed by atoms with van der Waals surface area (Å²) in [4.78, 5) is 51.1. The minimum absolute atomic E-state index is 0.172. The molecule has 0 aliphatic carbocycles. The summed E-state index contributed by atoms with van der Waals surface area (Å²) in [5.74, 6) is -2.68. The van der Waals surface area contributed by atoms with Crippen LogP contribution in [0.25, 0.3) is 0 Å². The van der Waals surface area contributed by atoms with E-state index in [4.69, 9.17) is 37.7 Å². The van der Waals surface area contributed by atoms with Gasteiger partial charge < -0.3 is 24.7 Å². The molecule has 0 unspecified atom stereocenters. The highest BCUT2D eigenvalue weighted by molar-refractivity contribution is 7.86. The quantitative estimate of drug-likeness (QED) is 0.0845. The average Bonchev–Trinajstić information content (AvgIpc) is 3.43. The van der Waals surface area contributed by atoms with Crippen molar-refractivity contribution >= 4 is 33.9 Å². The Morgan fingerprint density at radius 1 is 0.720 bits per heavy atom. The van der Waals surface area contributed by atoms with Crippen molar-refractivity contribution in [3.8, 4) is 0 Å². The first-order chi connectivity index (χ1) is 23.7. The number of benzene rings is 3. The second-order valence-corrected chi connectivity index (χ2v) is 11.7. The lowest BCUT2D eigenvalue weighted by Gasteiger charge is -2.23. The zero-order chi connectivity index (χ0) is 36.5. The number of amides is 1. The number of carbonyl (C=O) groups excluding carboxylic acids is 4. The molecule has 4 atom stereocenters. The number of pyridine rings is 1. The van der Waals surface area contributed by atoms with Crippen LogP contribution in [0.5, 0.6) is 0 Å². The smallest absolute Gasteiger partial charge is 0.459 e. The van der Waals surface area contributed by atoms with Gasteiger partial charge in [0.05, 0.1) is 16.7 Å². The molecule has 0 bridgehead atoms. The van der Waals surface area contributed by atoms with Gasteiger partial charge in [-0.2, -0.15) is 26.2 Å². The van der Waals surface area contributed by atoms with Crippen molar-refractivity contribution in [1.29, 1.82) is 0 Å². The molecule has 1 fully saturated rings. The molecule has 0 radical (unpaired) electrons. The van der Waals surface area contributed by atoms with Gasteiger partial charge in [-0.3, -0.25) is 9.35 Å². The van der Waals surface area contributed by atoms with Gasteiger partial charge in [0.15, 0.2) is 18.5 Å². The second-order valence-electron chi connectivity index (χ2n) is 10.3. The van der Waals surface area contributed by atoms with Crippen molar-refractivity contribution in [3.05, 3.63) is 138 Å². The van der Waals surface area contributed by atoms with Crippen molar-refractivity contribution in [3.63, 3.8) is 0 Å². The number of esters is 3. The lowest BCUT2D eigenvalue weighted by molar-refractivity contribution is -0.765. The van der Waals surface area contributed by atoms with Crippen molar-refractivity contribution < 1.29 is 68.8 Å². The fraction of sp³-hybridized carbons (Fsp3) is 0.182. The van der Waals surface area contributed by atoms with Gasteiger partial charge in [-0.15, -0.1) is 0 Å². The Kier molecular flexibility index (Phi) is 12.0. The van der Waals surface area contributed by atoms with Crippen LogP contribution in [0.3, 0.4) is 0 Å². The van der Waals surface area contributed by atoms with Crippen molar-refractivity contribution in [2.45, 2.75) is 30.0 Å². The number of nitrogens with two attached hydrogens (primary N) is 1. The third-order valence-electron chi connectivity index (χ3n) is 6.87. The van der Waals surface area contributed by atoms with Gasteiger partial charge >= 0.3 is 39.8 Å². The fourth-order valence-corrected chi connectivity index (χ4v) is 4.49. The summed E-state index contributed by atoms with van der Waals surface area (Å²) in [5.41, 5.74) is 0.971. The van der Waals surface area contributed by atoms with Gasteiger partial charge in [0, 0.05) is 6.07 Å². The van der Waals surface area contributed by atoms with Gasteiger partial charge in [-0.1, -0.05) is 54.6 Å². The third kappa shape index (κ3) is 9.71. The molecular weight excluding hydrogens is 689 g/mol. The first-order valence-corrected chi connectivity index (χ1v) is 15.8. The normalized spacial score (nSPS) is 18.6. The van der Waals surface area contributed by atoms with E-state index in [9.17, 15) is 32.3 Å². The molecule has 17 heteroatoms. The number of nitrogens with zero attached hydrogens (tertiary/aromatic N) is 1. The average molecular weight is 718 g/mol. The van der Waals surface area contributed by atoms with Crippen LogP contribution in [0.1, 0.15) is 47.7 Å². The zero-order valence-corrected chi connectivity index (χ0v) is 26.4. The molecule has 2 heterocycles. The van der Waals surface area contributed by atoms with Crippen molar-refractivity contribution in [2.75, 3.05) is 6.61 Å². The highest BCUT2D eigenvalue weighted by Gasteiger charge is 2.55. The summed E-state index contributed by atoms with van der Waals surface area (Å²) >= 11 is 0. The van der Waals surface area contributed by atoms with Crippen LogP contribution in [0.4, 0.5) is 13.2 Å². The summed E-state index contributed by atoms with van der Waals surface area (Å²) in [6.07, 6.45) is -1.51. The SMILES string of the molecule is NC(=O)c1ccc[n+]([C@@H]2O[C@H](COC(=O)c3ccccc3)[C@@H](OC(=O)c3ccccc3)[C@H]2OC(=O)c2ccccc2)c1.O=S(=O)(O)C(F)(F)F. The number of ether oxygens (including phenoxy) is 4. The zero-order valence-electron chi connectivity index (χ0n) is 25.6. The molecule has 1 saturated heterocycles. The summed E-state index contributed by atoms with van der Waals surface area (Å²) in [6, 6.07) is 28.0.